The summed E-state index contributed by atoms with van der Waals surface area (Å²) in [5.74, 6) is 0. The molecule has 0 aromatic heterocycles. The number of hydrogen-bond donors (Lipinski definition) is 2. The molecule has 0 aliphatic carbocycles. The quantitative estimate of drug-likeness (QED) is 0.335. The second kappa shape index (κ2) is 13.3. The number of hydrogen-bond acceptors (Lipinski definition) is 3. The Bertz CT molecular complexity index is 339. The molecule has 0 saturated carbocycles. The van der Waals surface area contributed by atoms with Gasteiger partial charge in [-0.3, -0.25) is 4.55 Å². The summed E-state index contributed by atoms with van der Waals surface area (Å²) < 4.78 is 31.8. The third kappa shape index (κ3) is 13.5. The molecule has 5 heteroatoms. The summed E-state index contributed by atoms with van der Waals surface area (Å²) in [5.41, 5.74) is 0. The van der Waals surface area contributed by atoms with Crippen LogP contribution < -0.4 is 0 Å². The zero-order valence-electron chi connectivity index (χ0n) is 14.5. The van der Waals surface area contributed by atoms with Gasteiger partial charge in [0.15, 0.2) is 0 Å². The Hall–Kier alpha value is -0.130. The molecule has 0 heterocycles. The molecular weight excluding hydrogens is 300 g/mol. The van der Waals surface area contributed by atoms with Gasteiger partial charge in [-0.05, 0) is 26.2 Å². The van der Waals surface area contributed by atoms with Crippen LogP contribution in [-0.4, -0.2) is 29.4 Å². The molecule has 0 aliphatic heterocycles. The number of rotatable bonds is 15. The Kier molecular flexibility index (Phi) is 13.2. The first kappa shape index (κ1) is 21.9. The van der Waals surface area contributed by atoms with E-state index in [2.05, 4.69) is 6.92 Å². The van der Waals surface area contributed by atoms with E-state index in [1.165, 1.54) is 44.9 Å². The first-order chi connectivity index (χ1) is 10.4. The van der Waals surface area contributed by atoms with E-state index >= 15 is 0 Å². The molecule has 22 heavy (non-hydrogen) atoms. The summed E-state index contributed by atoms with van der Waals surface area (Å²) in [6.07, 6.45) is 12.8. The van der Waals surface area contributed by atoms with E-state index < -0.39 is 21.5 Å². The summed E-state index contributed by atoms with van der Waals surface area (Å²) >= 11 is 0. The van der Waals surface area contributed by atoms with Gasteiger partial charge < -0.3 is 5.11 Å². The summed E-state index contributed by atoms with van der Waals surface area (Å²) in [7, 11) is -3.98. The molecular formula is C17H36O4S. The minimum absolute atomic E-state index is 0.341. The maximum atomic E-state index is 11.3. The number of aliphatic hydroxyl groups is 1. The molecule has 2 atom stereocenters. The van der Waals surface area contributed by atoms with Crippen molar-refractivity contribution in [3.8, 4) is 0 Å². The Morgan fingerprint density at radius 3 is 1.64 bits per heavy atom. The average Bonchev–Trinajstić information content (AvgIpc) is 2.42. The zero-order chi connectivity index (χ0) is 16.8. The molecule has 0 saturated heterocycles. The Balaban J connectivity index is 3.64. The zero-order valence-corrected chi connectivity index (χ0v) is 15.3. The van der Waals surface area contributed by atoms with E-state index in [0.29, 0.717) is 19.3 Å². The molecule has 134 valence electrons. The number of aliphatic hydroxyl groups excluding tert-OH is 1. The van der Waals surface area contributed by atoms with Crippen molar-refractivity contribution in [2.75, 3.05) is 0 Å². The van der Waals surface area contributed by atoms with Crippen molar-refractivity contribution in [3.63, 3.8) is 0 Å². The van der Waals surface area contributed by atoms with E-state index in [-0.39, 0.29) is 0 Å². The second-order valence-electron chi connectivity index (χ2n) is 6.53. The van der Waals surface area contributed by atoms with Crippen LogP contribution in [0.25, 0.3) is 0 Å². The first-order valence-corrected chi connectivity index (χ1v) is 10.5. The summed E-state index contributed by atoms with van der Waals surface area (Å²) in [4.78, 5) is 0. The van der Waals surface area contributed by atoms with Crippen molar-refractivity contribution in [1.29, 1.82) is 0 Å². The van der Waals surface area contributed by atoms with Gasteiger partial charge in [-0.1, -0.05) is 71.1 Å². The lowest BCUT2D eigenvalue weighted by atomic mass is 10.0. The number of unbranched alkanes of at least 4 members (excludes halogenated alkanes) is 9. The van der Waals surface area contributed by atoms with Crippen molar-refractivity contribution >= 4 is 10.1 Å². The highest BCUT2D eigenvalue weighted by Gasteiger charge is 2.22. The lowest BCUT2D eigenvalue weighted by Crippen LogP contribution is -2.22. The van der Waals surface area contributed by atoms with Gasteiger partial charge in [0, 0.05) is 0 Å². The van der Waals surface area contributed by atoms with E-state index in [9.17, 15) is 18.1 Å². The van der Waals surface area contributed by atoms with Gasteiger partial charge in [0.25, 0.3) is 10.1 Å². The predicted octanol–water partition coefficient (Wildman–Crippen LogP) is 4.71. The fourth-order valence-corrected chi connectivity index (χ4v) is 3.63. The molecule has 0 radical (unpaired) electrons. The second-order valence-corrected chi connectivity index (χ2v) is 8.23. The Labute approximate surface area is 137 Å². The van der Waals surface area contributed by atoms with Gasteiger partial charge in [-0.25, -0.2) is 0 Å². The maximum Gasteiger partial charge on any atom is 0.267 e. The molecule has 2 N–H and O–H groups in total. The van der Waals surface area contributed by atoms with Gasteiger partial charge >= 0.3 is 0 Å². The van der Waals surface area contributed by atoms with Crippen molar-refractivity contribution < 1.29 is 18.1 Å². The summed E-state index contributed by atoms with van der Waals surface area (Å²) in [5, 5.41) is 8.52. The standard InChI is InChI=1S/C17H36O4S/c1-3-4-5-6-7-8-9-10-11-12-13-17(22(19,20)21)15-14-16(2)18/h16-18H,3-15H2,1-2H3,(H,19,20,21). The topological polar surface area (TPSA) is 74.6 Å². The molecule has 0 rings (SSSR count). The highest BCUT2D eigenvalue weighted by Crippen LogP contribution is 2.18. The molecule has 2 unspecified atom stereocenters. The van der Waals surface area contributed by atoms with Gasteiger partial charge in [0.1, 0.15) is 0 Å². The Morgan fingerprint density at radius 1 is 0.773 bits per heavy atom. The molecule has 0 aliphatic rings. The van der Waals surface area contributed by atoms with Crippen LogP contribution >= 0.6 is 0 Å². The third-order valence-electron chi connectivity index (χ3n) is 4.21. The van der Waals surface area contributed by atoms with Crippen molar-refractivity contribution in [2.24, 2.45) is 0 Å². The molecule has 4 nitrogen and oxygen atoms in total. The first-order valence-electron chi connectivity index (χ1n) is 9.02. The third-order valence-corrected chi connectivity index (χ3v) is 5.52. The van der Waals surface area contributed by atoms with Crippen LogP contribution in [0, 0.1) is 0 Å². The fourth-order valence-electron chi connectivity index (χ4n) is 2.73. The van der Waals surface area contributed by atoms with E-state index in [4.69, 9.17) is 0 Å². The maximum absolute atomic E-state index is 11.3. The van der Waals surface area contributed by atoms with Crippen LogP contribution in [-0.2, 0) is 10.1 Å². The van der Waals surface area contributed by atoms with Gasteiger partial charge in [0.2, 0.25) is 0 Å². The molecule has 0 fully saturated rings. The fraction of sp³-hybridized carbons (Fsp3) is 1.00. The monoisotopic (exact) mass is 336 g/mol. The smallest absolute Gasteiger partial charge is 0.267 e. The lowest BCUT2D eigenvalue weighted by Gasteiger charge is -2.14. The normalized spacial score (nSPS) is 14.9. The highest BCUT2D eigenvalue weighted by atomic mass is 32.2. The Morgan fingerprint density at radius 2 is 1.23 bits per heavy atom. The van der Waals surface area contributed by atoms with Gasteiger partial charge in [-0.15, -0.1) is 0 Å². The summed E-state index contributed by atoms with van der Waals surface area (Å²) in [6.45, 7) is 3.86. The van der Waals surface area contributed by atoms with E-state index in [1.54, 1.807) is 6.92 Å². The van der Waals surface area contributed by atoms with Crippen molar-refractivity contribution in [3.05, 3.63) is 0 Å². The van der Waals surface area contributed by atoms with Crippen LogP contribution in [0.3, 0.4) is 0 Å². The largest absolute Gasteiger partial charge is 0.393 e. The molecule has 0 bridgehead atoms. The van der Waals surface area contributed by atoms with Crippen molar-refractivity contribution in [1.82, 2.24) is 0 Å². The molecule has 0 aromatic rings. The minimum atomic E-state index is -3.98. The molecule has 0 aromatic carbocycles. The van der Waals surface area contributed by atoms with Gasteiger partial charge in [-0.2, -0.15) is 8.42 Å². The van der Waals surface area contributed by atoms with Crippen LogP contribution in [0.1, 0.15) is 97.3 Å². The molecule has 0 spiro atoms. The average molecular weight is 337 g/mol. The van der Waals surface area contributed by atoms with Crippen LogP contribution in [0.4, 0.5) is 0 Å². The molecule has 0 amide bonds. The van der Waals surface area contributed by atoms with E-state index in [1.807, 2.05) is 0 Å². The van der Waals surface area contributed by atoms with Crippen LogP contribution in [0.5, 0.6) is 0 Å². The highest BCUT2D eigenvalue weighted by molar-refractivity contribution is 7.86. The minimum Gasteiger partial charge on any atom is -0.393 e. The van der Waals surface area contributed by atoms with Crippen molar-refractivity contribution in [2.45, 2.75) is 109 Å². The van der Waals surface area contributed by atoms with E-state index in [0.717, 1.165) is 19.3 Å². The SMILES string of the molecule is CCCCCCCCCCCCC(CCC(C)O)S(=O)(=O)O. The summed E-state index contributed by atoms with van der Waals surface area (Å²) in [6, 6.07) is 0. The van der Waals surface area contributed by atoms with Crippen LogP contribution in [0.2, 0.25) is 0 Å². The lowest BCUT2D eigenvalue weighted by molar-refractivity contribution is 0.180. The predicted molar refractivity (Wildman–Crippen MR) is 92.7 cm³/mol. The van der Waals surface area contributed by atoms with Gasteiger partial charge in [0.05, 0.1) is 11.4 Å². The van der Waals surface area contributed by atoms with Crippen LogP contribution in [0.15, 0.2) is 0 Å².